The Balaban J connectivity index is 2.16. The van der Waals surface area contributed by atoms with Crippen LogP contribution in [0.3, 0.4) is 0 Å². The van der Waals surface area contributed by atoms with Gasteiger partial charge in [0.25, 0.3) is 0 Å². The second-order valence-corrected chi connectivity index (χ2v) is 4.36. The van der Waals surface area contributed by atoms with Crippen LogP contribution in [0.25, 0.3) is 0 Å². The van der Waals surface area contributed by atoms with Crippen LogP contribution in [0.4, 0.5) is 4.39 Å². The van der Waals surface area contributed by atoms with Gasteiger partial charge in [-0.1, -0.05) is 36.4 Å². The van der Waals surface area contributed by atoms with Gasteiger partial charge in [0.2, 0.25) is 0 Å². The summed E-state index contributed by atoms with van der Waals surface area (Å²) < 4.78 is 13.2. The number of halogens is 1. The Morgan fingerprint density at radius 2 is 1.82 bits per heavy atom. The molecule has 0 heterocycles. The van der Waals surface area contributed by atoms with Gasteiger partial charge in [0.1, 0.15) is 5.82 Å². The molecule has 2 rings (SSSR count). The first kappa shape index (κ1) is 11.8. The van der Waals surface area contributed by atoms with Gasteiger partial charge in [-0.15, -0.1) is 0 Å². The van der Waals surface area contributed by atoms with E-state index < -0.39 is 0 Å². The summed E-state index contributed by atoms with van der Waals surface area (Å²) in [5.74, 6) is -0.194. The number of nitrogens with two attached hydrogens (primary N) is 1. The molecular weight excluding hydrogens is 213 g/mol. The Bertz CT molecular complexity index is 473. The van der Waals surface area contributed by atoms with Crippen molar-refractivity contribution in [3.63, 3.8) is 0 Å². The van der Waals surface area contributed by atoms with Gasteiger partial charge >= 0.3 is 0 Å². The van der Waals surface area contributed by atoms with E-state index in [1.165, 1.54) is 6.07 Å². The molecule has 0 bridgehead atoms. The highest BCUT2D eigenvalue weighted by Crippen LogP contribution is 2.17. The van der Waals surface area contributed by atoms with Gasteiger partial charge in [-0.2, -0.15) is 0 Å². The van der Waals surface area contributed by atoms with Crippen molar-refractivity contribution in [2.24, 2.45) is 5.73 Å². The van der Waals surface area contributed by atoms with Gasteiger partial charge in [-0.3, -0.25) is 0 Å². The van der Waals surface area contributed by atoms with Gasteiger partial charge in [0.05, 0.1) is 0 Å². The first-order valence-electron chi connectivity index (χ1n) is 5.72. The molecule has 0 saturated carbocycles. The highest BCUT2D eigenvalue weighted by molar-refractivity contribution is 5.27. The zero-order valence-corrected chi connectivity index (χ0v) is 9.86. The first-order chi connectivity index (χ1) is 8.15. The molecule has 88 valence electrons. The monoisotopic (exact) mass is 229 g/mol. The molecule has 2 aromatic carbocycles. The molecule has 17 heavy (non-hydrogen) atoms. The minimum Gasteiger partial charge on any atom is -0.324 e. The quantitative estimate of drug-likeness (QED) is 0.858. The van der Waals surface area contributed by atoms with Crippen LogP contribution in [0.15, 0.2) is 48.5 Å². The number of aryl methyl sites for hydroxylation is 1. The Hall–Kier alpha value is -1.67. The Kier molecular flexibility index (Phi) is 3.55. The van der Waals surface area contributed by atoms with Crippen molar-refractivity contribution >= 4 is 0 Å². The fourth-order valence-corrected chi connectivity index (χ4v) is 2.00. The van der Waals surface area contributed by atoms with Crippen LogP contribution in [0, 0.1) is 12.7 Å². The summed E-state index contributed by atoms with van der Waals surface area (Å²) in [4.78, 5) is 0. The number of rotatable bonds is 3. The zero-order chi connectivity index (χ0) is 12.3. The molecule has 0 amide bonds. The molecule has 1 unspecified atom stereocenters. The first-order valence-corrected chi connectivity index (χ1v) is 5.72. The Labute approximate surface area is 101 Å². The molecule has 0 aliphatic carbocycles. The molecule has 2 aromatic rings. The van der Waals surface area contributed by atoms with E-state index in [1.54, 1.807) is 6.07 Å². The van der Waals surface area contributed by atoms with E-state index in [1.807, 2.05) is 43.3 Å². The van der Waals surface area contributed by atoms with Crippen molar-refractivity contribution in [3.8, 4) is 0 Å². The number of benzene rings is 2. The van der Waals surface area contributed by atoms with E-state index in [0.717, 1.165) is 16.7 Å². The summed E-state index contributed by atoms with van der Waals surface area (Å²) in [6.07, 6.45) is 0.655. The Morgan fingerprint density at radius 1 is 1.12 bits per heavy atom. The normalized spacial score (nSPS) is 12.4. The van der Waals surface area contributed by atoms with Gasteiger partial charge < -0.3 is 5.73 Å². The third kappa shape index (κ3) is 3.14. The minimum atomic E-state index is -0.194. The second-order valence-electron chi connectivity index (χ2n) is 4.36. The number of hydrogen-bond acceptors (Lipinski definition) is 1. The third-order valence-corrected chi connectivity index (χ3v) is 2.79. The van der Waals surface area contributed by atoms with Crippen molar-refractivity contribution in [2.75, 3.05) is 0 Å². The average molecular weight is 229 g/mol. The maximum atomic E-state index is 13.2. The molecule has 0 spiro atoms. The zero-order valence-electron chi connectivity index (χ0n) is 9.86. The average Bonchev–Trinajstić information content (AvgIpc) is 2.28. The van der Waals surface area contributed by atoms with Gasteiger partial charge in [-0.05, 0) is 42.2 Å². The lowest BCUT2D eigenvalue weighted by Crippen LogP contribution is -2.13. The molecule has 2 heteroatoms. The molecule has 0 aliphatic rings. The highest BCUT2D eigenvalue weighted by atomic mass is 19.1. The standard InChI is InChI=1S/C15H16FN/c1-11-7-12(9-14(16)8-11)10-15(17)13-5-3-2-4-6-13/h2-9,15H,10,17H2,1H3. The van der Waals surface area contributed by atoms with Crippen LogP contribution in [-0.4, -0.2) is 0 Å². The van der Waals surface area contributed by atoms with Gasteiger partial charge in [-0.25, -0.2) is 4.39 Å². The Morgan fingerprint density at radius 3 is 2.47 bits per heavy atom. The molecule has 2 N–H and O–H groups in total. The van der Waals surface area contributed by atoms with Crippen LogP contribution in [0.2, 0.25) is 0 Å². The molecule has 1 nitrogen and oxygen atoms in total. The lowest BCUT2D eigenvalue weighted by molar-refractivity contribution is 0.620. The van der Waals surface area contributed by atoms with E-state index >= 15 is 0 Å². The number of hydrogen-bond donors (Lipinski definition) is 1. The lowest BCUT2D eigenvalue weighted by Gasteiger charge is -2.12. The lowest BCUT2D eigenvalue weighted by atomic mass is 9.98. The SMILES string of the molecule is Cc1cc(F)cc(CC(N)c2ccccc2)c1. The van der Waals surface area contributed by atoms with Crippen LogP contribution < -0.4 is 5.73 Å². The van der Waals surface area contributed by atoms with Crippen LogP contribution in [0.5, 0.6) is 0 Å². The van der Waals surface area contributed by atoms with E-state index in [4.69, 9.17) is 5.73 Å². The highest BCUT2D eigenvalue weighted by Gasteiger charge is 2.07. The van der Waals surface area contributed by atoms with Crippen molar-refractivity contribution in [3.05, 3.63) is 71.0 Å². The maximum Gasteiger partial charge on any atom is 0.123 e. The molecule has 0 aromatic heterocycles. The predicted molar refractivity (Wildman–Crippen MR) is 68.2 cm³/mol. The van der Waals surface area contributed by atoms with E-state index in [0.29, 0.717) is 6.42 Å². The molecule has 0 fully saturated rings. The summed E-state index contributed by atoms with van der Waals surface area (Å²) in [5.41, 5.74) is 9.06. The predicted octanol–water partition coefficient (Wildman–Crippen LogP) is 3.38. The third-order valence-electron chi connectivity index (χ3n) is 2.79. The molecule has 0 aliphatic heterocycles. The van der Waals surface area contributed by atoms with E-state index in [9.17, 15) is 4.39 Å². The molecule has 1 atom stereocenters. The molecule has 0 saturated heterocycles. The maximum absolute atomic E-state index is 13.2. The van der Waals surface area contributed by atoms with Gasteiger partial charge in [0, 0.05) is 6.04 Å². The summed E-state index contributed by atoms with van der Waals surface area (Å²) in [6.45, 7) is 1.89. The molecular formula is C15H16FN. The van der Waals surface area contributed by atoms with Crippen molar-refractivity contribution in [1.82, 2.24) is 0 Å². The second kappa shape index (κ2) is 5.11. The molecule has 0 radical (unpaired) electrons. The largest absolute Gasteiger partial charge is 0.324 e. The summed E-state index contributed by atoms with van der Waals surface area (Å²) in [5, 5.41) is 0. The van der Waals surface area contributed by atoms with Crippen LogP contribution in [0.1, 0.15) is 22.7 Å². The minimum absolute atomic E-state index is 0.0857. The smallest absolute Gasteiger partial charge is 0.123 e. The summed E-state index contributed by atoms with van der Waals surface area (Å²) in [7, 11) is 0. The van der Waals surface area contributed by atoms with E-state index in [-0.39, 0.29) is 11.9 Å². The van der Waals surface area contributed by atoms with Crippen molar-refractivity contribution in [1.29, 1.82) is 0 Å². The van der Waals surface area contributed by atoms with Crippen molar-refractivity contribution < 1.29 is 4.39 Å². The van der Waals surface area contributed by atoms with Crippen LogP contribution >= 0.6 is 0 Å². The van der Waals surface area contributed by atoms with E-state index in [2.05, 4.69) is 0 Å². The van der Waals surface area contributed by atoms with Crippen molar-refractivity contribution in [2.45, 2.75) is 19.4 Å². The summed E-state index contributed by atoms with van der Waals surface area (Å²) in [6, 6.07) is 14.9. The van der Waals surface area contributed by atoms with Crippen LogP contribution in [-0.2, 0) is 6.42 Å². The summed E-state index contributed by atoms with van der Waals surface area (Å²) >= 11 is 0. The van der Waals surface area contributed by atoms with Gasteiger partial charge in [0.15, 0.2) is 0 Å². The fraction of sp³-hybridized carbons (Fsp3) is 0.200. The topological polar surface area (TPSA) is 26.0 Å². The fourth-order valence-electron chi connectivity index (χ4n) is 2.00.